The number of halogens is 1. The molecule has 0 bridgehead atoms. The maximum atomic E-state index is 14.2. The fourth-order valence-corrected chi connectivity index (χ4v) is 2.49. The number of ether oxygens (including phenoxy) is 1. The first-order chi connectivity index (χ1) is 7.64. The van der Waals surface area contributed by atoms with Gasteiger partial charge in [0.2, 0.25) is 0 Å². The third-order valence-corrected chi connectivity index (χ3v) is 3.75. The van der Waals surface area contributed by atoms with E-state index in [1.54, 1.807) is 20.1 Å². The van der Waals surface area contributed by atoms with Crippen LogP contribution in [0.15, 0.2) is 12.1 Å². The number of hydrogen-bond acceptors (Lipinski definition) is 2. The molecule has 1 fully saturated rings. The van der Waals surface area contributed by atoms with Gasteiger partial charge in [0.05, 0.1) is 7.11 Å². The van der Waals surface area contributed by atoms with Crippen molar-refractivity contribution in [3.8, 4) is 5.75 Å². The molecule has 1 aromatic rings. The van der Waals surface area contributed by atoms with E-state index in [0.717, 1.165) is 19.3 Å². The summed E-state index contributed by atoms with van der Waals surface area (Å²) in [7, 11) is 1.58. The van der Waals surface area contributed by atoms with Crippen LogP contribution in [0.25, 0.3) is 0 Å². The van der Waals surface area contributed by atoms with Crippen LogP contribution in [0.1, 0.15) is 30.4 Å². The van der Waals surface area contributed by atoms with E-state index in [0.29, 0.717) is 23.4 Å². The van der Waals surface area contributed by atoms with Crippen LogP contribution in [0.2, 0.25) is 0 Å². The molecule has 2 nitrogen and oxygen atoms in total. The second-order valence-electron chi connectivity index (χ2n) is 4.61. The van der Waals surface area contributed by atoms with Crippen molar-refractivity contribution in [2.75, 3.05) is 13.7 Å². The van der Waals surface area contributed by atoms with Crippen molar-refractivity contribution in [3.05, 3.63) is 29.1 Å². The molecule has 88 valence electrons. The molecule has 1 saturated carbocycles. The predicted octanol–water partition coefficient (Wildman–Crippen LogP) is 2.52. The quantitative estimate of drug-likeness (QED) is 0.854. The number of nitrogens with two attached hydrogens (primary N) is 1. The van der Waals surface area contributed by atoms with Crippen molar-refractivity contribution < 1.29 is 9.13 Å². The molecule has 1 aromatic carbocycles. The number of benzene rings is 1. The average molecular weight is 223 g/mol. The maximum Gasteiger partial charge on any atom is 0.133 e. The summed E-state index contributed by atoms with van der Waals surface area (Å²) in [6, 6.07) is 3.59. The minimum absolute atomic E-state index is 0.149. The number of rotatable bonds is 3. The minimum atomic E-state index is -0.193. The van der Waals surface area contributed by atoms with E-state index in [9.17, 15) is 4.39 Å². The largest absolute Gasteiger partial charge is 0.496 e. The zero-order chi connectivity index (χ0) is 11.8. The first-order valence-corrected chi connectivity index (χ1v) is 5.68. The lowest BCUT2D eigenvalue weighted by atomic mass is 9.64. The molecule has 16 heavy (non-hydrogen) atoms. The Hall–Kier alpha value is -1.09. The van der Waals surface area contributed by atoms with E-state index in [1.165, 1.54) is 0 Å². The number of aryl methyl sites for hydroxylation is 1. The van der Waals surface area contributed by atoms with Gasteiger partial charge in [-0.25, -0.2) is 4.39 Å². The Morgan fingerprint density at radius 3 is 2.56 bits per heavy atom. The summed E-state index contributed by atoms with van der Waals surface area (Å²) >= 11 is 0. The monoisotopic (exact) mass is 223 g/mol. The van der Waals surface area contributed by atoms with Crippen molar-refractivity contribution >= 4 is 0 Å². The standard InChI is InChI=1S/C13H18FNO/c1-9-4-5-10(16-2)11(12(9)14)13(8-15)6-3-7-13/h4-5H,3,6-8,15H2,1-2H3. The van der Waals surface area contributed by atoms with Crippen molar-refractivity contribution in [2.45, 2.75) is 31.6 Å². The van der Waals surface area contributed by atoms with Crippen molar-refractivity contribution in [1.82, 2.24) is 0 Å². The zero-order valence-corrected chi connectivity index (χ0v) is 9.85. The summed E-state index contributed by atoms with van der Waals surface area (Å²) in [5.74, 6) is 0.484. The Kier molecular flexibility index (Phi) is 2.89. The molecule has 2 rings (SSSR count). The van der Waals surface area contributed by atoms with E-state index in [1.807, 2.05) is 6.07 Å². The first-order valence-electron chi connectivity index (χ1n) is 5.68. The van der Waals surface area contributed by atoms with Crippen LogP contribution in [-0.4, -0.2) is 13.7 Å². The van der Waals surface area contributed by atoms with Gasteiger partial charge in [0.25, 0.3) is 0 Å². The fraction of sp³-hybridized carbons (Fsp3) is 0.538. The zero-order valence-electron chi connectivity index (χ0n) is 9.85. The Balaban J connectivity index is 2.56. The second-order valence-corrected chi connectivity index (χ2v) is 4.61. The second kappa shape index (κ2) is 4.06. The molecule has 0 atom stereocenters. The highest BCUT2D eigenvalue weighted by atomic mass is 19.1. The van der Waals surface area contributed by atoms with Crippen LogP contribution in [0.3, 0.4) is 0 Å². The highest BCUT2D eigenvalue weighted by Gasteiger charge is 2.41. The first kappa shape index (κ1) is 11.4. The van der Waals surface area contributed by atoms with Gasteiger partial charge in [0.15, 0.2) is 0 Å². The normalized spacial score (nSPS) is 18.0. The lowest BCUT2D eigenvalue weighted by Gasteiger charge is -2.42. The molecule has 3 heteroatoms. The van der Waals surface area contributed by atoms with Crippen LogP contribution >= 0.6 is 0 Å². The highest BCUT2D eigenvalue weighted by molar-refractivity contribution is 5.45. The average Bonchev–Trinajstić information content (AvgIpc) is 2.23. The highest BCUT2D eigenvalue weighted by Crippen LogP contribution is 2.47. The summed E-state index contributed by atoms with van der Waals surface area (Å²) in [6.45, 7) is 2.27. The third-order valence-electron chi connectivity index (χ3n) is 3.75. The molecule has 0 amide bonds. The van der Waals surface area contributed by atoms with Gasteiger partial charge in [-0.1, -0.05) is 12.5 Å². The third kappa shape index (κ3) is 1.50. The lowest BCUT2D eigenvalue weighted by molar-refractivity contribution is 0.234. The minimum Gasteiger partial charge on any atom is -0.496 e. The molecule has 0 heterocycles. The smallest absolute Gasteiger partial charge is 0.133 e. The molecule has 0 aromatic heterocycles. The number of hydrogen-bond donors (Lipinski definition) is 1. The van der Waals surface area contributed by atoms with E-state index in [4.69, 9.17) is 10.5 Å². The van der Waals surface area contributed by atoms with Gasteiger partial charge in [-0.3, -0.25) is 0 Å². The van der Waals surface area contributed by atoms with Gasteiger partial charge < -0.3 is 10.5 Å². The topological polar surface area (TPSA) is 35.2 Å². The van der Waals surface area contributed by atoms with E-state index in [-0.39, 0.29) is 11.2 Å². The van der Waals surface area contributed by atoms with Crippen molar-refractivity contribution in [3.63, 3.8) is 0 Å². The van der Waals surface area contributed by atoms with Gasteiger partial charge >= 0.3 is 0 Å². The van der Waals surface area contributed by atoms with Crippen LogP contribution < -0.4 is 10.5 Å². The molecule has 0 spiro atoms. The summed E-state index contributed by atoms with van der Waals surface area (Å²) in [5.41, 5.74) is 6.97. The summed E-state index contributed by atoms with van der Waals surface area (Å²) in [6.07, 6.45) is 3.04. The molecule has 1 aliphatic carbocycles. The van der Waals surface area contributed by atoms with E-state index >= 15 is 0 Å². The molecular weight excluding hydrogens is 205 g/mol. The molecule has 1 aliphatic rings. The van der Waals surface area contributed by atoms with Gasteiger partial charge in [-0.2, -0.15) is 0 Å². The van der Waals surface area contributed by atoms with Crippen LogP contribution in [-0.2, 0) is 5.41 Å². The Morgan fingerprint density at radius 2 is 2.12 bits per heavy atom. The van der Waals surface area contributed by atoms with Crippen LogP contribution in [0.4, 0.5) is 4.39 Å². The van der Waals surface area contributed by atoms with Crippen molar-refractivity contribution in [1.29, 1.82) is 0 Å². The SMILES string of the molecule is COc1ccc(C)c(F)c1C1(CN)CCC1. The van der Waals surface area contributed by atoms with Gasteiger partial charge in [-0.15, -0.1) is 0 Å². The Morgan fingerprint density at radius 1 is 1.44 bits per heavy atom. The Bertz CT molecular complexity index is 394. The number of methoxy groups -OCH3 is 1. The molecule has 0 unspecified atom stereocenters. The lowest BCUT2D eigenvalue weighted by Crippen LogP contribution is -2.42. The summed E-state index contributed by atoms with van der Waals surface area (Å²) in [4.78, 5) is 0. The van der Waals surface area contributed by atoms with Crippen LogP contribution in [0.5, 0.6) is 5.75 Å². The van der Waals surface area contributed by atoms with E-state index in [2.05, 4.69) is 0 Å². The summed E-state index contributed by atoms with van der Waals surface area (Å²) in [5, 5.41) is 0. The van der Waals surface area contributed by atoms with E-state index < -0.39 is 0 Å². The summed E-state index contributed by atoms with van der Waals surface area (Å²) < 4.78 is 19.5. The van der Waals surface area contributed by atoms with Gasteiger partial charge in [-0.05, 0) is 31.4 Å². The molecule has 0 saturated heterocycles. The fourth-order valence-electron chi connectivity index (χ4n) is 2.49. The van der Waals surface area contributed by atoms with Crippen molar-refractivity contribution in [2.24, 2.45) is 5.73 Å². The van der Waals surface area contributed by atoms with Gasteiger partial charge in [0, 0.05) is 17.5 Å². The van der Waals surface area contributed by atoms with Gasteiger partial charge in [0.1, 0.15) is 11.6 Å². The Labute approximate surface area is 95.6 Å². The predicted molar refractivity (Wildman–Crippen MR) is 62.3 cm³/mol. The molecule has 2 N–H and O–H groups in total. The maximum absolute atomic E-state index is 14.2. The molecule has 0 aliphatic heterocycles. The molecular formula is C13H18FNO. The molecule has 0 radical (unpaired) electrons. The van der Waals surface area contributed by atoms with Crippen LogP contribution in [0, 0.1) is 12.7 Å².